The minimum Gasteiger partial charge on any atom is -0.409 e. The maximum atomic E-state index is 13.2. The van der Waals surface area contributed by atoms with Crippen LogP contribution in [-0.4, -0.2) is 40.0 Å². The largest absolute Gasteiger partial charge is 0.409 e. The summed E-state index contributed by atoms with van der Waals surface area (Å²) in [5.41, 5.74) is 6.41. The van der Waals surface area contributed by atoms with Crippen molar-refractivity contribution in [2.75, 3.05) is 19.3 Å². The topological polar surface area (TPSA) is 61.9 Å². The van der Waals surface area contributed by atoms with Gasteiger partial charge in [0, 0.05) is 25.7 Å². The summed E-state index contributed by atoms with van der Waals surface area (Å²) in [5, 5.41) is 12.0. The van der Waals surface area contributed by atoms with Gasteiger partial charge in [0.1, 0.15) is 11.6 Å². The molecule has 1 aromatic carbocycles. The van der Waals surface area contributed by atoms with Crippen LogP contribution in [0.4, 0.5) is 8.78 Å². The van der Waals surface area contributed by atoms with Crippen molar-refractivity contribution < 1.29 is 14.0 Å². The third-order valence-electron chi connectivity index (χ3n) is 3.96. The predicted octanol–water partition coefficient (Wildman–Crippen LogP) is 2.41. The first-order valence-electron chi connectivity index (χ1n) is 6.69. The first-order valence-corrected chi connectivity index (χ1v) is 7.92. The Bertz CT molecular complexity index is 511. The van der Waals surface area contributed by atoms with Gasteiger partial charge in [0.25, 0.3) is 0 Å². The number of hydrogen-bond acceptors (Lipinski definition) is 4. The molecule has 3 N–H and O–H groups in total. The van der Waals surface area contributed by atoms with Crippen LogP contribution in [0.25, 0.3) is 0 Å². The summed E-state index contributed by atoms with van der Waals surface area (Å²) in [7, 11) is 0. The molecule has 0 bridgehead atoms. The van der Waals surface area contributed by atoms with Crippen molar-refractivity contribution in [3.8, 4) is 0 Å². The molecule has 1 saturated heterocycles. The van der Waals surface area contributed by atoms with Crippen LogP contribution in [0.2, 0.25) is 0 Å². The highest BCUT2D eigenvalue weighted by molar-refractivity contribution is 8.00. The molecule has 116 valence electrons. The Hall–Kier alpha value is -1.34. The van der Waals surface area contributed by atoms with Crippen molar-refractivity contribution >= 4 is 17.6 Å². The monoisotopic (exact) mass is 315 g/mol. The number of nitrogens with two attached hydrogens (primary N) is 1. The normalized spacial score (nSPS) is 19.7. The summed E-state index contributed by atoms with van der Waals surface area (Å²) in [5.74, 6) is -0.874. The van der Waals surface area contributed by atoms with E-state index in [1.165, 1.54) is 12.1 Å². The standard InChI is InChI=1S/C14H19F2N3OS/c1-21-14(13(17)18-20)2-4-19(5-3-14)9-10-6-11(15)8-12(16)7-10/h6-8,20H,2-5,9H2,1H3,(H2,17,18). The Labute approximate surface area is 127 Å². The fraction of sp³-hybridized carbons (Fsp3) is 0.500. The van der Waals surface area contributed by atoms with Crippen molar-refractivity contribution in [2.45, 2.75) is 24.1 Å². The minimum absolute atomic E-state index is 0.242. The number of halogens is 2. The summed E-state index contributed by atoms with van der Waals surface area (Å²) in [6, 6.07) is 3.57. The molecule has 0 unspecified atom stereocenters. The third kappa shape index (κ3) is 3.65. The van der Waals surface area contributed by atoms with Gasteiger partial charge >= 0.3 is 0 Å². The Kier molecular flexibility index (Phi) is 5.05. The van der Waals surface area contributed by atoms with E-state index >= 15 is 0 Å². The second-order valence-corrected chi connectivity index (χ2v) is 6.43. The van der Waals surface area contributed by atoms with Gasteiger partial charge in [0.2, 0.25) is 0 Å². The highest BCUT2D eigenvalue weighted by Crippen LogP contribution is 2.35. The van der Waals surface area contributed by atoms with E-state index in [1.54, 1.807) is 11.8 Å². The van der Waals surface area contributed by atoms with Crippen LogP contribution in [0, 0.1) is 11.6 Å². The number of likely N-dealkylation sites (tertiary alicyclic amines) is 1. The van der Waals surface area contributed by atoms with Crippen LogP contribution in [-0.2, 0) is 6.54 Å². The van der Waals surface area contributed by atoms with E-state index in [2.05, 4.69) is 10.1 Å². The van der Waals surface area contributed by atoms with E-state index in [1.807, 2.05) is 6.26 Å². The van der Waals surface area contributed by atoms with Crippen molar-refractivity contribution in [2.24, 2.45) is 10.9 Å². The van der Waals surface area contributed by atoms with Gasteiger partial charge in [-0.25, -0.2) is 8.78 Å². The molecule has 21 heavy (non-hydrogen) atoms. The zero-order valence-corrected chi connectivity index (χ0v) is 12.7. The lowest BCUT2D eigenvalue weighted by Crippen LogP contribution is -2.49. The van der Waals surface area contributed by atoms with Gasteiger partial charge in [-0.15, -0.1) is 0 Å². The number of nitrogens with zero attached hydrogens (tertiary/aromatic N) is 2. The smallest absolute Gasteiger partial charge is 0.155 e. The maximum Gasteiger partial charge on any atom is 0.155 e. The molecule has 1 aliphatic heterocycles. The molecule has 0 saturated carbocycles. The molecule has 0 aliphatic carbocycles. The van der Waals surface area contributed by atoms with Crippen LogP contribution in [0.15, 0.2) is 23.4 Å². The van der Waals surface area contributed by atoms with Crippen molar-refractivity contribution in [1.29, 1.82) is 0 Å². The van der Waals surface area contributed by atoms with Crippen LogP contribution < -0.4 is 5.73 Å². The highest BCUT2D eigenvalue weighted by Gasteiger charge is 2.38. The Morgan fingerprint density at radius 1 is 1.33 bits per heavy atom. The number of amidine groups is 1. The van der Waals surface area contributed by atoms with Crippen molar-refractivity contribution in [3.63, 3.8) is 0 Å². The number of rotatable bonds is 4. The molecule has 1 aromatic rings. The van der Waals surface area contributed by atoms with E-state index in [0.717, 1.165) is 32.0 Å². The number of oxime groups is 1. The van der Waals surface area contributed by atoms with Gasteiger partial charge < -0.3 is 10.9 Å². The van der Waals surface area contributed by atoms with Gasteiger partial charge in [-0.05, 0) is 36.8 Å². The molecule has 0 spiro atoms. The lowest BCUT2D eigenvalue weighted by Gasteiger charge is -2.39. The second-order valence-electron chi connectivity index (χ2n) is 5.24. The molecule has 0 aromatic heterocycles. The zero-order valence-electron chi connectivity index (χ0n) is 11.9. The van der Waals surface area contributed by atoms with E-state index in [-0.39, 0.29) is 10.6 Å². The molecule has 4 nitrogen and oxygen atoms in total. The van der Waals surface area contributed by atoms with Crippen molar-refractivity contribution in [1.82, 2.24) is 4.90 Å². The maximum absolute atomic E-state index is 13.2. The van der Waals surface area contributed by atoms with E-state index < -0.39 is 11.6 Å². The lowest BCUT2D eigenvalue weighted by molar-refractivity contribution is 0.209. The summed E-state index contributed by atoms with van der Waals surface area (Å²) in [4.78, 5) is 2.12. The zero-order chi connectivity index (χ0) is 15.5. The summed E-state index contributed by atoms with van der Waals surface area (Å²) in [6.45, 7) is 1.96. The van der Waals surface area contributed by atoms with Gasteiger partial charge in [0.15, 0.2) is 5.84 Å². The summed E-state index contributed by atoms with van der Waals surface area (Å²) in [6.07, 6.45) is 3.42. The van der Waals surface area contributed by atoms with Crippen molar-refractivity contribution in [3.05, 3.63) is 35.4 Å². The van der Waals surface area contributed by atoms with Gasteiger partial charge in [-0.3, -0.25) is 4.90 Å². The van der Waals surface area contributed by atoms with Crippen LogP contribution in [0.1, 0.15) is 18.4 Å². The van der Waals surface area contributed by atoms with Crippen LogP contribution in [0.3, 0.4) is 0 Å². The van der Waals surface area contributed by atoms with Gasteiger partial charge in [-0.1, -0.05) is 5.16 Å². The molecule has 7 heteroatoms. The quantitative estimate of drug-likeness (QED) is 0.388. The Morgan fingerprint density at radius 2 is 1.90 bits per heavy atom. The molecule has 1 aliphatic rings. The summed E-state index contributed by atoms with van der Waals surface area (Å²) < 4.78 is 26.0. The first kappa shape index (κ1) is 16.0. The molecule has 1 fully saturated rings. The minimum atomic E-state index is -0.558. The van der Waals surface area contributed by atoms with E-state index in [0.29, 0.717) is 12.1 Å². The van der Waals surface area contributed by atoms with E-state index in [4.69, 9.17) is 10.9 Å². The number of hydrogen-bond donors (Lipinski definition) is 2. The SMILES string of the molecule is CSC1(/C(N)=N/O)CCN(Cc2cc(F)cc(F)c2)CC1. The second kappa shape index (κ2) is 6.62. The molecule has 0 radical (unpaired) electrons. The molecule has 1 heterocycles. The Morgan fingerprint density at radius 3 is 2.38 bits per heavy atom. The third-order valence-corrected chi connectivity index (χ3v) is 5.36. The molecule has 0 amide bonds. The molecular formula is C14H19F2N3OS. The fourth-order valence-electron chi connectivity index (χ4n) is 2.69. The number of piperidine rings is 1. The lowest BCUT2D eigenvalue weighted by atomic mass is 9.94. The van der Waals surface area contributed by atoms with Crippen LogP contribution in [0.5, 0.6) is 0 Å². The fourth-order valence-corrected chi connectivity index (χ4v) is 3.53. The summed E-state index contributed by atoms with van der Waals surface area (Å²) >= 11 is 1.58. The average molecular weight is 315 g/mol. The predicted molar refractivity (Wildman–Crippen MR) is 80.5 cm³/mol. The van der Waals surface area contributed by atoms with Crippen LogP contribution >= 0.6 is 11.8 Å². The number of thioether (sulfide) groups is 1. The van der Waals surface area contributed by atoms with Gasteiger partial charge in [0.05, 0.1) is 4.75 Å². The number of benzene rings is 1. The highest BCUT2D eigenvalue weighted by atomic mass is 32.2. The molecular weight excluding hydrogens is 296 g/mol. The molecule has 2 rings (SSSR count). The first-order chi connectivity index (χ1) is 9.99. The Balaban J connectivity index is 2.01. The molecule has 0 atom stereocenters. The van der Waals surface area contributed by atoms with Gasteiger partial charge in [-0.2, -0.15) is 11.8 Å². The van der Waals surface area contributed by atoms with E-state index in [9.17, 15) is 8.78 Å². The average Bonchev–Trinajstić information content (AvgIpc) is 2.46.